The molecule has 1 amide bonds. The van der Waals surface area contributed by atoms with Crippen LogP contribution in [0.15, 0.2) is 0 Å². The zero-order chi connectivity index (χ0) is 11.8. The number of rotatable bonds is 8. The average Bonchev–Trinajstić information content (AvgIpc) is 2.15. The number of amides is 1. The minimum atomic E-state index is -0.379. The summed E-state index contributed by atoms with van der Waals surface area (Å²) in [5, 5.41) is 2.71. The minimum absolute atomic E-state index is 0.0723. The van der Waals surface area contributed by atoms with Crippen molar-refractivity contribution in [1.29, 1.82) is 0 Å². The van der Waals surface area contributed by atoms with Crippen LogP contribution in [0.3, 0.4) is 0 Å². The molecule has 0 aromatic rings. The van der Waals surface area contributed by atoms with E-state index in [4.69, 9.17) is 5.73 Å². The lowest BCUT2D eigenvalue weighted by atomic mass is 10.3. The molecule has 0 saturated carbocycles. The Hall–Kier alpha value is -0.200. The van der Waals surface area contributed by atoms with E-state index in [1.54, 1.807) is 6.92 Å². The molecule has 6 heteroatoms. The van der Waals surface area contributed by atoms with Crippen molar-refractivity contribution in [3.8, 4) is 0 Å². The molecule has 0 aliphatic carbocycles. The van der Waals surface area contributed by atoms with Gasteiger partial charge in [-0.25, -0.2) is 0 Å². The van der Waals surface area contributed by atoms with E-state index in [0.29, 0.717) is 18.1 Å². The van der Waals surface area contributed by atoms with Crippen LogP contribution in [0.2, 0.25) is 0 Å². The lowest BCUT2D eigenvalue weighted by Crippen LogP contribution is -2.43. The molecule has 2 atom stereocenters. The third-order valence-corrected chi connectivity index (χ3v) is 3.13. The standard InChI is InChI=1S/C9H18N2O2S2/c1-3-11-7(9(10)13)4-15-5-8(12)6(2)14/h6-7,11,14H,3-5H2,1-2H3,(H2,10,13). The second-order valence-corrected chi connectivity index (χ2v) is 4.97. The highest BCUT2D eigenvalue weighted by molar-refractivity contribution is 8.00. The fraction of sp³-hybridized carbons (Fsp3) is 0.778. The van der Waals surface area contributed by atoms with Crippen LogP contribution in [-0.2, 0) is 9.59 Å². The Labute approximate surface area is 100 Å². The maximum atomic E-state index is 11.2. The van der Waals surface area contributed by atoms with Crippen LogP contribution in [0.25, 0.3) is 0 Å². The quantitative estimate of drug-likeness (QED) is 0.533. The zero-order valence-corrected chi connectivity index (χ0v) is 10.7. The lowest BCUT2D eigenvalue weighted by molar-refractivity contribution is -0.119. The predicted molar refractivity (Wildman–Crippen MR) is 67.4 cm³/mol. The van der Waals surface area contributed by atoms with E-state index in [2.05, 4.69) is 17.9 Å². The van der Waals surface area contributed by atoms with Crippen molar-refractivity contribution in [2.45, 2.75) is 25.1 Å². The largest absolute Gasteiger partial charge is 0.368 e. The first-order valence-corrected chi connectivity index (χ1v) is 6.47. The number of nitrogens with two attached hydrogens (primary N) is 1. The molecule has 0 rings (SSSR count). The van der Waals surface area contributed by atoms with Crippen molar-refractivity contribution >= 4 is 36.1 Å². The van der Waals surface area contributed by atoms with Gasteiger partial charge in [-0.3, -0.25) is 9.59 Å². The van der Waals surface area contributed by atoms with Crippen molar-refractivity contribution in [2.75, 3.05) is 18.1 Å². The predicted octanol–water partition coefficient (Wildman–Crippen LogP) is 0.0704. The maximum absolute atomic E-state index is 11.2. The van der Waals surface area contributed by atoms with Gasteiger partial charge in [0.05, 0.1) is 17.0 Å². The molecule has 0 aromatic carbocycles. The van der Waals surface area contributed by atoms with Crippen LogP contribution in [0.4, 0.5) is 0 Å². The third kappa shape index (κ3) is 6.81. The summed E-state index contributed by atoms with van der Waals surface area (Å²) in [5.74, 6) is 0.591. The first kappa shape index (κ1) is 14.8. The Morgan fingerprint density at radius 3 is 2.53 bits per heavy atom. The van der Waals surface area contributed by atoms with Crippen molar-refractivity contribution in [3.63, 3.8) is 0 Å². The molecule has 0 aliphatic heterocycles. The topological polar surface area (TPSA) is 72.2 Å². The van der Waals surface area contributed by atoms with Gasteiger partial charge in [0.2, 0.25) is 5.91 Å². The highest BCUT2D eigenvalue weighted by atomic mass is 32.2. The molecule has 15 heavy (non-hydrogen) atoms. The molecule has 0 radical (unpaired) electrons. The summed E-state index contributed by atoms with van der Waals surface area (Å²) >= 11 is 5.43. The van der Waals surface area contributed by atoms with Gasteiger partial charge in [0, 0.05) is 5.75 Å². The number of likely N-dealkylation sites (N-methyl/N-ethyl adjacent to an activating group) is 1. The normalized spacial score (nSPS) is 14.6. The fourth-order valence-corrected chi connectivity index (χ4v) is 2.19. The summed E-state index contributed by atoms with van der Waals surface area (Å²) in [6.45, 7) is 4.33. The van der Waals surface area contributed by atoms with Crippen LogP contribution in [0.5, 0.6) is 0 Å². The van der Waals surface area contributed by atoms with Crippen LogP contribution < -0.4 is 11.1 Å². The summed E-state index contributed by atoms with van der Waals surface area (Å²) in [6.07, 6.45) is 0. The molecule has 0 bridgehead atoms. The highest BCUT2D eigenvalue weighted by Crippen LogP contribution is 2.06. The number of hydrogen-bond donors (Lipinski definition) is 3. The zero-order valence-electron chi connectivity index (χ0n) is 9.03. The van der Waals surface area contributed by atoms with Gasteiger partial charge in [-0.2, -0.15) is 24.4 Å². The van der Waals surface area contributed by atoms with Crippen molar-refractivity contribution in [3.05, 3.63) is 0 Å². The van der Waals surface area contributed by atoms with E-state index in [1.807, 2.05) is 6.92 Å². The Morgan fingerprint density at radius 2 is 2.13 bits per heavy atom. The van der Waals surface area contributed by atoms with Crippen LogP contribution in [0, 0.1) is 0 Å². The summed E-state index contributed by atoms with van der Waals surface area (Å²) < 4.78 is 0. The first-order chi connectivity index (χ1) is 6.99. The summed E-state index contributed by atoms with van der Waals surface area (Å²) in [6, 6.07) is -0.358. The number of carbonyl (C=O) groups excluding carboxylic acids is 2. The number of hydrogen-bond acceptors (Lipinski definition) is 5. The van der Waals surface area contributed by atoms with E-state index >= 15 is 0 Å². The van der Waals surface area contributed by atoms with Crippen LogP contribution in [0.1, 0.15) is 13.8 Å². The number of carbonyl (C=O) groups is 2. The van der Waals surface area contributed by atoms with Gasteiger partial charge in [-0.15, -0.1) is 0 Å². The third-order valence-electron chi connectivity index (χ3n) is 1.79. The summed E-state index contributed by atoms with van der Waals surface area (Å²) in [4.78, 5) is 22.2. The number of ketones is 1. The van der Waals surface area contributed by atoms with Gasteiger partial charge < -0.3 is 11.1 Å². The van der Waals surface area contributed by atoms with Gasteiger partial charge in [0.1, 0.15) is 0 Å². The highest BCUT2D eigenvalue weighted by Gasteiger charge is 2.15. The molecule has 2 unspecified atom stereocenters. The van der Waals surface area contributed by atoms with Gasteiger partial charge in [-0.1, -0.05) is 6.92 Å². The molecule has 0 spiro atoms. The number of Topliss-reactive ketones (excluding diaryl/α,β-unsaturated/α-hetero) is 1. The van der Waals surface area contributed by atoms with Gasteiger partial charge in [-0.05, 0) is 13.5 Å². The molecule has 0 aliphatic rings. The summed E-state index contributed by atoms with van der Waals surface area (Å²) in [7, 11) is 0. The number of primary amides is 1. The van der Waals surface area contributed by atoms with E-state index in [0.717, 1.165) is 0 Å². The Balaban J connectivity index is 3.81. The maximum Gasteiger partial charge on any atom is 0.235 e. The molecule has 0 aromatic heterocycles. The van der Waals surface area contributed by atoms with E-state index in [9.17, 15) is 9.59 Å². The van der Waals surface area contributed by atoms with Gasteiger partial charge in [0.25, 0.3) is 0 Å². The molecule has 4 nitrogen and oxygen atoms in total. The molecule has 0 heterocycles. The van der Waals surface area contributed by atoms with Crippen LogP contribution in [-0.4, -0.2) is 41.0 Å². The van der Waals surface area contributed by atoms with E-state index in [1.165, 1.54) is 11.8 Å². The molecular formula is C9H18N2O2S2. The number of thiol groups is 1. The van der Waals surface area contributed by atoms with Crippen molar-refractivity contribution in [1.82, 2.24) is 5.32 Å². The summed E-state index contributed by atoms with van der Waals surface area (Å²) in [5.41, 5.74) is 5.18. The SMILES string of the molecule is CCNC(CSCC(=O)C(C)S)C(N)=O. The lowest BCUT2D eigenvalue weighted by Gasteiger charge is -2.13. The molecule has 3 N–H and O–H groups in total. The molecule has 0 saturated heterocycles. The number of nitrogens with one attached hydrogen (secondary N) is 1. The van der Waals surface area contributed by atoms with E-state index in [-0.39, 0.29) is 23.0 Å². The van der Waals surface area contributed by atoms with Crippen molar-refractivity contribution < 1.29 is 9.59 Å². The Morgan fingerprint density at radius 1 is 1.53 bits per heavy atom. The fourth-order valence-electron chi connectivity index (χ4n) is 0.886. The Bertz CT molecular complexity index is 222. The Kier molecular flexibility index (Phi) is 7.90. The van der Waals surface area contributed by atoms with Crippen molar-refractivity contribution in [2.24, 2.45) is 5.73 Å². The monoisotopic (exact) mass is 250 g/mol. The molecule has 88 valence electrons. The first-order valence-electron chi connectivity index (χ1n) is 4.80. The molecular weight excluding hydrogens is 232 g/mol. The van der Waals surface area contributed by atoms with E-state index < -0.39 is 0 Å². The smallest absolute Gasteiger partial charge is 0.235 e. The van der Waals surface area contributed by atoms with Gasteiger partial charge in [0.15, 0.2) is 5.78 Å². The second kappa shape index (κ2) is 8.01. The average molecular weight is 250 g/mol. The second-order valence-electron chi connectivity index (χ2n) is 3.17. The van der Waals surface area contributed by atoms with Crippen LogP contribution >= 0.6 is 24.4 Å². The molecule has 0 fully saturated rings. The van der Waals surface area contributed by atoms with Gasteiger partial charge >= 0.3 is 0 Å². The number of thioether (sulfide) groups is 1. The minimum Gasteiger partial charge on any atom is -0.368 e.